The minimum atomic E-state index is -4.53. The van der Waals surface area contributed by atoms with E-state index in [0.717, 1.165) is 0 Å². The lowest BCUT2D eigenvalue weighted by Crippen LogP contribution is -2.56. The second-order valence-corrected chi connectivity index (χ2v) is 4.17. The van der Waals surface area contributed by atoms with Crippen LogP contribution in [0, 0.1) is 0 Å². The molecule has 0 aliphatic heterocycles. The predicted octanol–water partition coefficient (Wildman–Crippen LogP) is 1.36. The van der Waals surface area contributed by atoms with Gasteiger partial charge in [-0.25, -0.2) is 4.79 Å². The van der Waals surface area contributed by atoms with Crippen molar-refractivity contribution in [2.24, 2.45) is 5.73 Å². The first kappa shape index (κ1) is 15.0. The summed E-state index contributed by atoms with van der Waals surface area (Å²) in [6.45, 7) is 4.59. The molecule has 0 saturated carbocycles. The number of hydrogen-bond donors (Lipinski definition) is 3. The molecular weight excluding hydrogens is 223 g/mol. The molecule has 2 amide bonds. The van der Waals surface area contributed by atoms with Crippen molar-refractivity contribution in [3.05, 3.63) is 0 Å². The van der Waals surface area contributed by atoms with Crippen LogP contribution in [0.3, 0.4) is 0 Å². The quantitative estimate of drug-likeness (QED) is 0.695. The third-order valence-corrected chi connectivity index (χ3v) is 2.27. The zero-order valence-corrected chi connectivity index (χ0v) is 9.61. The molecule has 0 bridgehead atoms. The van der Waals surface area contributed by atoms with Crippen LogP contribution in [0.5, 0.6) is 0 Å². The Morgan fingerprint density at radius 3 is 2.19 bits per heavy atom. The number of halogens is 3. The van der Waals surface area contributed by atoms with Gasteiger partial charge in [0.2, 0.25) is 0 Å². The highest BCUT2D eigenvalue weighted by Crippen LogP contribution is 2.19. The summed E-state index contributed by atoms with van der Waals surface area (Å²) in [5.41, 5.74) is 4.39. The lowest BCUT2D eigenvalue weighted by Gasteiger charge is -2.27. The molecule has 4 N–H and O–H groups in total. The minimum absolute atomic E-state index is 0.547. The van der Waals surface area contributed by atoms with Gasteiger partial charge in [-0.15, -0.1) is 0 Å². The third-order valence-electron chi connectivity index (χ3n) is 2.27. The van der Waals surface area contributed by atoms with Crippen molar-refractivity contribution < 1.29 is 18.0 Å². The predicted molar refractivity (Wildman–Crippen MR) is 54.9 cm³/mol. The molecule has 0 aromatic rings. The van der Waals surface area contributed by atoms with Crippen LogP contribution >= 0.6 is 0 Å². The van der Waals surface area contributed by atoms with Gasteiger partial charge in [0.1, 0.15) is 6.04 Å². The molecular formula is C9H18F3N3O. The monoisotopic (exact) mass is 241 g/mol. The summed E-state index contributed by atoms with van der Waals surface area (Å²) in [7, 11) is 0. The number of hydrogen-bond acceptors (Lipinski definition) is 2. The van der Waals surface area contributed by atoms with Gasteiger partial charge in [-0.1, -0.05) is 6.92 Å². The van der Waals surface area contributed by atoms with Gasteiger partial charge in [0, 0.05) is 12.1 Å². The summed E-state index contributed by atoms with van der Waals surface area (Å²) >= 11 is 0. The maximum atomic E-state index is 12.3. The molecule has 0 aromatic carbocycles. The average molecular weight is 241 g/mol. The summed E-state index contributed by atoms with van der Waals surface area (Å²) in [4.78, 5) is 11.3. The molecule has 96 valence electrons. The Balaban J connectivity index is 4.34. The molecule has 0 fully saturated rings. The number of alkyl halides is 3. The van der Waals surface area contributed by atoms with Crippen LogP contribution in [0.15, 0.2) is 0 Å². The summed E-state index contributed by atoms with van der Waals surface area (Å²) < 4.78 is 36.8. The second kappa shape index (κ2) is 5.38. The van der Waals surface area contributed by atoms with E-state index in [4.69, 9.17) is 5.73 Å². The summed E-state index contributed by atoms with van der Waals surface area (Å²) in [6.07, 6.45) is -3.91. The Morgan fingerprint density at radius 2 is 1.88 bits per heavy atom. The number of carbonyl (C=O) groups excluding carboxylic acids is 1. The first-order valence-corrected chi connectivity index (χ1v) is 4.98. The molecule has 7 heteroatoms. The summed E-state index contributed by atoms with van der Waals surface area (Å²) in [5.74, 6) is 0. The number of amides is 2. The van der Waals surface area contributed by atoms with Gasteiger partial charge >= 0.3 is 12.2 Å². The number of rotatable bonds is 4. The van der Waals surface area contributed by atoms with E-state index >= 15 is 0 Å². The van der Waals surface area contributed by atoms with Crippen LogP contribution in [0.2, 0.25) is 0 Å². The molecule has 16 heavy (non-hydrogen) atoms. The van der Waals surface area contributed by atoms with Crippen molar-refractivity contribution in [3.63, 3.8) is 0 Å². The van der Waals surface area contributed by atoms with Crippen LogP contribution in [0.1, 0.15) is 27.2 Å². The SMILES string of the molecule is CCC(C)(C)NC(=O)NC(CN)C(F)(F)F. The van der Waals surface area contributed by atoms with E-state index in [1.165, 1.54) is 0 Å². The fraction of sp³-hybridized carbons (Fsp3) is 0.889. The zero-order chi connectivity index (χ0) is 13.0. The van der Waals surface area contributed by atoms with Gasteiger partial charge in [0.25, 0.3) is 0 Å². The highest BCUT2D eigenvalue weighted by atomic mass is 19.4. The van der Waals surface area contributed by atoms with Crippen LogP contribution in [0.25, 0.3) is 0 Å². The van der Waals surface area contributed by atoms with Crippen molar-refractivity contribution >= 4 is 6.03 Å². The lowest BCUT2D eigenvalue weighted by molar-refractivity contribution is -0.150. The van der Waals surface area contributed by atoms with Gasteiger partial charge < -0.3 is 16.4 Å². The molecule has 0 radical (unpaired) electrons. The summed E-state index contributed by atoms with van der Waals surface area (Å²) in [5, 5.41) is 4.23. The minimum Gasteiger partial charge on any atom is -0.333 e. The number of nitrogens with one attached hydrogen (secondary N) is 2. The molecule has 0 heterocycles. The first-order valence-electron chi connectivity index (χ1n) is 4.98. The van der Waals surface area contributed by atoms with Gasteiger partial charge in [0.15, 0.2) is 0 Å². The van der Waals surface area contributed by atoms with Crippen LogP contribution < -0.4 is 16.4 Å². The van der Waals surface area contributed by atoms with Crippen molar-refractivity contribution in [1.29, 1.82) is 0 Å². The molecule has 1 unspecified atom stereocenters. The van der Waals surface area contributed by atoms with E-state index < -0.39 is 30.3 Å². The zero-order valence-electron chi connectivity index (χ0n) is 9.61. The van der Waals surface area contributed by atoms with Crippen molar-refractivity contribution in [3.8, 4) is 0 Å². The van der Waals surface area contributed by atoms with E-state index in [2.05, 4.69) is 5.32 Å². The van der Waals surface area contributed by atoms with E-state index in [0.29, 0.717) is 6.42 Å². The molecule has 0 rings (SSSR count). The number of carbonyl (C=O) groups is 1. The smallest absolute Gasteiger partial charge is 0.333 e. The van der Waals surface area contributed by atoms with Crippen LogP contribution in [-0.2, 0) is 0 Å². The molecule has 1 atom stereocenters. The Labute approximate surface area is 92.8 Å². The van der Waals surface area contributed by atoms with Crippen LogP contribution in [-0.4, -0.2) is 30.3 Å². The molecule has 0 aliphatic carbocycles. The normalized spacial score (nSPS) is 14.4. The molecule has 0 aliphatic rings. The van der Waals surface area contributed by atoms with E-state index in [9.17, 15) is 18.0 Å². The van der Waals surface area contributed by atoms with E-state index in [1.54, 1.807) is 19.2 Å². The Kier molecular flexibility index (Phi) is 5.05. The molecule has 0 spiro atoms. The summed E-state index contributed by atoms with van der Waals surface area (Å²) in [6, 6.07) is -2.88. The topological polar surface area (TPSA) is 67.2 Å². The van der Waals surface area contributed by atoms with Gasteiger partial charge in [0.05, 0.1) is 0 Å². The second-order valence-electron chi connectivity index (χ2n) is 4.17. The largest absolute Gasteiger partial charge is 0.409 e. The highest BCUT2D eigenvalue weighted by Gasteiger charge is 2.40. The number of nitrogens with two attached hydrogens (primary N) is 1. The van der Waals surface area contributed by atoms with Crippen molar-refractivity contribution in [1.82, 2.24) is 10.6 Å². The maximum Gasteiger partial charge on any atom is 0.409 e. The van der Waals surface area contributed by atoms with E-state index in [1.807, 2.05) is 6.92 Å². The lowest BCUT2D eigenvalue weighted by atomic mass is 10.0. The number of urea groups is 1. The maximum absolute atomic E-state index is 12.3. The van der Waals surface area contributed by atoms with Crippen molar-refractivity contribution in [2.45, 2.75) is 44.9 Å². The van der Waals surface area contributed by atoms with Gasteiger partial charge in [-0.3, -0.25) is 0 Å². The average Bonchev–Trinajstić information content (AvgIpc) is 2.11. The molecule has 0 aromatic heterocycles. The Bertz CT molecular complexity index is 241. The van der Waals surface area contributed by atoms with Crippen molar-refractivity contribution in [2.75, 3.05) is 6.54 Å². The van der Waals surface area contributed by atoms with Gasteiger partial charge in [-0.2, -0.15) is 13.2 Å². The fourth-order valence-electron chi connectivity index (χ4n) is 0.864. The standard InChI is InChI=1S/C9H18F3N3O/c1-4-8(2,3)15-7(16)14-6(5-13)9(10,11)12/h6H,4-5,13H2,1-3H3,(H2,14,15,16). The van der Waals surface area contributed by atoms with E-state index in [-0.39, 0.29) is 0 Å². The Hall–Kier alpha value is -0.980. The highest BCUT2D eigenvalue weighted by molar-refractivity contribution is 5.75. The fourth-order valence-corrected chi connectivity index (χ4v) is 0.864. The third kappa shape index (κ3) is 5.20. The Morgan fingerprint density at radius 1 is 1.38 bits per heavy atom. The first-order chi connectivity index (χ1) is 7.12. The molecule has 4 nitrogen and oxygen atoms in total. The molecule has 0 saturated heterocycles. The van der Waals surface area contributed by atoms with Gasteiger partial charge in [-0.05, 0) is 20.3 Å². The van der Waals surface area contributed by atoms with Crippen LogP contribution in [0.4, 0.5) is 18.0 Å².